The van der Waals surface area contributed by atoms with Gasteiger partial charge in [0.2, 0.25) is 0 Å². The van der Waals surface area contributed by atoms with Crippen molar-refractivity contribution in [2.75, 3.05) is 6.54 Å². The van der Waals surface area contributed by atoms with Gasteiger partial charge in [0.15, 0.2) is 0 Å². The highest BCUT2D eigenvalue weighted by atomic mass is 19.4. The predicted molar refractivity (Wildman–Crippen MR) is 69.6 cm³/mol. The van der Waals surface area contributed by atoms with Gasteiger partial charge in [-0.25, -0.2) is 0 Å². The Morgan fingerprint density at radius 2 is 1.84 bits per heavy atom. The Morgan fingerprint density at radius 1 is 1.21 bits per heavy atom. The molecule has 1 nitrogen and oxygen atoms in total. The van der Waals surface area contributed by atoms with E-state index in [0.717, 1.165) is 5.56 Å². The third-order valence-corrected chi connectivity index (χ3v) is 3.50. The van der Waals surface area contributed by atoms with Gasteiger partial charge in [0, 0.05) is 18.5 Å². The van der Waals surface area contributed by atoms with E-state index in [9.17, 15) is 13.2 Å². The molecule has 0 saturated heterocycles. The molecule has 1 atom stereocenters. The van der Waals surface area contributed by atoms with E-state index < -0.39 is 17.6 Å². The molecule has 1 aromatic rings. The van der Waals surface area contributed by atoms with Gasteiger partial charge in [-0.3, -0.25) is 4.90 Å². The third-order valence-electron chi connectivity index (χ3n) is 3.50. The zero-order valence-electron chi connectivity index (χ0n) is 11.1. The number of hydrogen-bond acceptors (Lipinski definition) is 1. The molecule has 0 bridgehead atoms. The molecular formula is C15H18F3N. The van der Waals surface area contributed by atoms with Crippen LogP contribution < -0.4 is 0 Å². The first-order valence-corrected chi connectivity index (χ1v) is 6.33. The number of hydrogen-bond donors (Lipinski definition) is 0. The van der Waals surface area contributed by atoms with Crippen molar-refractivity contribution in [2.24, 2.45) is 5.41 Å². The SMILES string of the molecule is CC1(C)C=CCN(Cc2ccccc2)C1C(F)(F)F. The summed E-state index contributed by atoms with van der Waals surface area (Å²) in [6.07, 6.45) is -0.721. The van der Waals surface area contributed by atoms with Crippen LogP contribution in [0.3, 0.4) is 0 Å². The quantitative estimate of drug-likeness (QED) is 0.733. The first-order valence-electron chi connectivity index (χ1n) is 6.33. The number of rotatable bonds is 2. The molecule has 104 valence electrons. The molecule has 0 amide bonds. The summed E-state index contributed by atoms with van der Waals surface area (Å²) in [5.41, 5.74) is 0.00788. The molecule has 1 aliphatic heterocycles. The van der Waals surface area contributed by atoms with E-state index in [2.05, 4.69) is 0 Å². The van der Waals surface area contributed by atoms with Crippen molar-refractivity contribution in [3.8, 4) is 0 Å². The van der Waals surface area contributed by atoms with Gasteiger partial charge < -0.3 is 0 Å². The van der Waals surface area contributed by atoms with E-state index in [-0.39, 0.29) is 0 Å². The van der Waals surface area contributed by atoms with Gasteiger partial charge in [0.25, 0.3) is 0 Å². The van der Waals surface area contributed by atoms with Crippen LogP contribution in [0.25, 0.3) is 0 Å². The van der Waals surface area contributed by atoms with E-state index in [1.807, 2.05) is 36.4 Å². The maximum absolute atomic E-state index is 13.3. The minimum atomic E-state index is -4.22. The molecule has 1 aromatic carbocycles. The van der Waals surface area contributed by atoms with Crippen LogP contribution in [0, 0.1) is 5.41 Å². The van der Waals surface area contributed by atoms with Crippen LogP contribution in [0.2, 0.25) is 0 Å². The topological polar surface area (TPSA) is 3.24 Å². The Kier molecular flexibility index (Phi) is 3.72. The Balaban J connectivity index is 2.26. The van der Waals surface area contributed by atoms with Crippen LogP contribution in [-0.2, 0) is 6.54 Å². The summed E-state index contributed by atoms with van der Waals surface area (Å²) in [6.45, 7) is 3.93. The van der Waals surface area contributed by atoms with Crippen molar-refractivity contribution in [3.63, 3.8) is 0 Å². The molecule has 0 N–H and O–H groups in total. The molecule has 0 aromatic heterocycles. The second-order valence-corrected chi connectivity index (χ2v) is 5.58. The monoisotopic (exact) mass is 269 g/mol. The van der Waals surface area contributed by atoms with Crippen molar-refractivity contribution in [1.82, 2.24) is 4.90 Å². The van der Waals surface area contributed by atoms with Gasteiger partial charge in [0.1, 0.15) is 6.04 Å². The second kappa shape index (κ2) is 5.00. The number of halogens is 3. The number of nitrogens with zero attached hydrogens (tertiary/aromatic N) is 1. The fourth-order valence-electron chi connectivity index (χ4n) is 2.76. The minimum Gasteiger partial charge on any atom is -0.284 e. The molecule has 1 aliphatic rings. The molecule has 0 spiro atoms. The van der Waals surface area contributed by atoms with Crippen molar-refractivity contribution < 1.29 is 13.2 Å². The van der Waals surface area contributed by atoms with E-state index in [0.29, 0.717) is 13.1 Å². The van der Waals surface area contributed by atoms with Gasteiger partial charge >= 0.3 is 6.18 Å². The minimum absolute atomic E-state index is 0.318. The lowest BCUT2D eigenvalue weighted by Crippen LogP contribution is -2.55. The van der Waals surface area contributed by atoms with Gasteiger partial charge in [-0.1, -0.05) is 56.3 Å². The Labute approximate surface area is 111 Å². The standard InChI is InChI=1S/C15H18F3N/c1-14(2)9-6-10-19(13(14)15(16,17)18)11-12-7-4-3-5-8-12/h3-9,13H,10-11H2,1-2H3. The second-order valence-electron chi connectivity index (χ2n) is 5.58. The fraction of sp³-hybridized carbons (Fsp3) is 0.467. The van der Waals surface area contributed by atoms with Crippen LogP contribution in [0.1, 0.15) is 19.4 Å². The van der Waals surface area contributed by atoms with Gasteiger partial charge in [0.05, 0.1) is 0 Å². The maximum Gasteiger partial charge on any atom is 0.404 e. The maximum atomic E-state index is 13.3. The summed E-state index contributed by atoms with van der Waals surface area (Å²) in [5.74, 6) is 0. The number of benzene rings is 1. The van der Waals surface area contributed by atoms with E-state index in [1.54, 1.807) is 19.9 Å². The average Bonchev–Trinajstić information content (AvgIpc) is 2.27. The first-order chi connectivity index (χ1) is 8.81. The molecule has 2 rings (SSSR count). The molecule has 19 heavy (non-hydrogen) atoms. The van der Waals surface area contributed by atoms with Crippen molar-refractivity contribution in [1.29, 1.82) is 0 Å². The van der Waals surface area contributed by atoms with Crippen molar-refractivity contribution >= 4 is 0 Å². The van der Waals surface area contributed by atoms with E-state index >= 15 is 0 Å². The van der Waals surface area contributed by atoms with Crippen LogP contribution >= 0.6 is 0 Å². The van der Waals surface area contributed by atoms with Gasteiger partial charge in [-0.2, -0.15) is 13.2 Å². The molecule has 0 fully saturated rings. The molecule has 0 aliphatic carbocycles. The van der Waals surface area contributed by atoms with Gasteiger partial charge in [-0.15, -0.1) is 0 Å². The Hall–Kier alpha value is -1.29. The molecule has 0 saturated carbocycles. The smallest absolute Gasteiger partial charge is 0.284 e. The highest BCUT2D eigenvalue weighted by molar-refractivity contribution is 5.17. The molecule has 4 heteroatoms. The number of alkyl halides is 3. The lowest BCUT2D eigenvalue weighted by atomic mass is 9.80. The van der Waals surface area contributed by atoms with Crippen LogP contribution in [-0.4, -0.2) is 23.7 Å². The van der Waals surface area contributed by atoms with Crippen LogP contribution in [0.5, 0.6) is 0 Å². The van der Waals surface area contributed by atoms with Crippen LogP contribution in [0.4, 0.5) is 13.2 Å². The zero-order chi connectivity index (χ0) is 14.1. The van der Waals surface area contributed by atoms with Gasteiger partial charge in [-0.05, 0) is 5.56 Å². The zero-order valence-corrected chi connectivity index (χ0v) is 11.1. The van der Waals surface area contributed by atoms with Crippen LogP contribution in [0.15, 0.2) is 42.5 Å². The van der Waals surface area contributed by atoms with Crippen molar-refractivity contribution in [2.45, 2.75) is 32.6 Å². The normalized spacial score (nSPS) is 23.5. The van der Waals surface area contributed by atoms with E-state index in [4.69, 9.17) is 0 Å². The fourth-order valence-corrected chi connectivity index (χ4v) is 2.76. The predicted octanol–water partition coefficient (Wildman–Crippen LogP) is 4.02. The molecular weight excluding hydrogens is 251 g/mol. The Bertz CT molecular complexity index is 448. The molecule has 1 unspecified atom stereocenters. The summed E-state index contributed by atoms with van der Waals surface area (Å²) in [4.78, 5) is 1.50. The summed E-state index contributed by atoms with van der Waals surface area (Å²) in [5, 5.41) is 0. The Morgan fingerprint density at radius 3 is 2.42 bits per heavy atom. The highest BCUT2D eigenvalue weighted by Crippen LogP contribution is 2.41. The average molecular weight is 269 g/mol. The summed E-state index contributed by atoms with van der Waals surface area (Å²) in [7, 11) is 0. The molecule has 1 heterocycles. The lowest BCUT2D eigenvalue weighted by molar-refractivity contribution is -0.207. The lowest BCUT2D eigenvalue weighted by Gasteiger charge is -2.44. The first kappa shape index (κ1) is 14.1. The molecule has 0 radical (unpaired) electrons. The summed E-state index contributed by atoms with van der Waals surface area (Å²) >= 11 is 0. The van der Waals surface area contributed by atoms with E-state index in [1.165, 1.54) is 4.90 Å². The van der Waals surface area contributed by atoms with Crippen molar-refractivity contribution in [3.05, 3.63) is 48.0 Å². The summed E-state index contributed by atoms with van der Waals surface area (Å²) < 4.78 is 39.9. The highest BCUT2D eigenvalue weighted by Gasteiger charge is 2.52. The largest absolute Gasteiger partial charge is 0.404 e. The summed E-state index contributed by atoms with van der Waals surface area (Å²) in [6, 6.07) is 7.85. The third kappa shape index (κ3) is 3.18.